The van der Waals surface area contributed by atoms with Gasteiger partial charge in [0.2, 0.25) is 0 Å². The van der Waals surface area contributed by atoms with Gasteiger partial charge in [-0.1, -0.05) is 60.7 Å². The molecule has 0 bridgehead atoms. The normalized spacial score (nSPS) is 11.9. The summed E-state index contributed by atoms with van der Waals surface area (Å²) in [5.41, 5.74) is 2.62. The van der Waals surface area contributed by atoms with Gasteiger partial charge in [0.15, 0.2) is 0 Å². The third kappa shape index (κ3) is 1.43. The summed E-state index contributed by atoms with van der Waals surface area (Å²) in [6.45, 7) is 0. The molecule has 0 fully saturated rings. The standard InChI is InChI=1S/C21H15N/c1-22-20-13-16-8-3-2-7-15(16)12-19(20)18-11-10-14-6-4-5-9-17(14)21(18)22/h2-13H,1H3. The first-order valence-corrected chi connectivity index (χ1v) is 7.61. The van der Waals surface area contributed by atoms with Crippen LogP contribution >= 0.6 is 0 Å². The van der Waals surface area contributed by atoms with E-state index in [1.807, 2.05) is 0 Å². The highest BCUT2D eigenvalue weighted by Gasteiger charge is 2.11. The lowest BCUT2D eigenvalue weighted by atomic mass is 10.0. The molecule has 0 saturated heterocycles. The molecule has 0 spiro atoms. The van der Waals surface area contributed by atoms with Gasteiger partial charge in [0.25, 0.3) is 0 Å². The summed E-state index contributed by atoms with van der Waals surface area (Å²) >= 11 is 0. The topological polar surface area (TPSA) is 4.93 Å². The van der Waals surface area contributed by atoms with Gasteiger partial charge in [-0.25, -0.2) is 0 Å². The maximum absolute atomic E-state index is 2.33. The minimum absolute atomic E-state index is 1.30. The van der Waals surface area contributed by atoms with Crippen molar-refractivity contribution in [3.8, 4) is 0 Å². The highest BCUT2D eigenvalue weighted by Crippen LogP contribution is 2.35. The average Bonchev–Trinajstić information content (AvgIpc) is 2.85. The predicted molar refractivity (Wildman–Crippen MR) is 95.4 cm³/mol. The molecule has 1 aromatic heterocycles. The Morgan fingerprint density at radius 2 is 1.27 bits per heavy atom. The van der Waals surface area contributed by atoms with E-state index in [0.717, 1.165) is 0 Å². The number of benzene rings is 4. The first-order chi connectivity index (χ1) is 10.8. The van der Waals surface area contributed by atoms with Crippen molar-refractivity contribution < 1.29 is 0 Å². The van der Waals surface area contributed by atoms with E-state index in [0.29, 0.717) is 0 Å². The van der Waals surface area contributed by atoms with Gasteiger partial charge < -0.3 is 4.57 Å². The summed E-state index contributed by atoms with van der Waals surface area (Å²) < 4.78 is 2.33. The van der Waals surface area contributed by atoms with Gasteiger partial charge in [0, 0.05) is 28.7 Å². The maximum atomic E-state index is 2.33. The molecule has 0 aliphatic carbocycles. The van der Waals surface area contributed by atoms with Gasteiger partial charge in [0.1, 0.15) is 0 Å². The SMILES string of the molecule is Cn1c2cc3ccccc3cc2c2ccc3ccccc3c21. The van der Waals surface area contributed by atoms with Crippen LogP contribution in [-0.4, -0.2) is 4.57 Å². The third-order valence-electron chi connectivity index (χ3n) is 4.75. The molecule has 0 saturated carbocycles. The molecule has 4 aromatic carbocycles. The summed E-state index contributed by atoms with van der Waals surface area (Å²) in [6.07, 6.45) is 0. The molecule has 0 unspecified atom stereocenters. The molecule has 0 radical (unpaired) electrons. The quantitative estimate of drug-likeness (QED) is 0.346. The van der Waals surface area contributed by atoms with Crippen LogP contribution in [0.25, 0.3) is 43.4 Å². The van der Waals surface area contributed by atoms with Crippen molar-refractivity contribution in [1.29, 1.82) is 0 Å². The number of rotatable bonds is 0. The van der Waals surface area contributed by atoms with Crippen molar-refractivity contribution in [2.45, 2.75) is 0 Å². The zero-order valence-corrected chi connectivity index (χ0v) is 12.4. The fraction of sp³-hybridized carbons (Fsp3) is 0.0476. The predicted octanol–water partition coefficient (Wildman–Crippen LogP) is 5.64. The van der Waals surface area contributed by atoms with E-state index < -0.39 is 0 Å². The summed E-state index contributed by atoms with van der Waals surface area (Å²) in [5.74, 6) is 0. The first-order valence-electron chi connectivity index (χ1n) is 7.61. The highest BCUT2D eigenvalue weighted by molar-refractivity contribution is 6.19. The third-order valence-corrected chi connectivity index (χ3v) is 4.75. The number of hydrogen-bond acceptors (Lipinski definition) is 0. The van der Waals surface area contributed by atoms with Crippen LogP contribution in [0.2, 0.25) is 0 Å². The molecule has 104 valence electrons. The maximum Gasteiger partial charge on any atom is 0.0568 e. The van der Waals surface area contributed by atoms with E-state index in [9.17, 15) is 0 Å². The second-order valence-electron chi connectivity index (χ2n) is 5.96. The zero-order chi connectivity index (χ0) is 14.7. The Kier molecular flexibility index (Phi) is 2.21. The van der Waals surface area contributed by atoms with Crippen LogP contribution in [0.5, 0.6) is 0 Å². The molecule has 0 N–H and O–H groups in total. The van der Waals surface area contributed by atoms with E-state index in [4.69, 9.17) is 0 Å². The summed E-state index contributed by atoms with van der Waals surface area (Å²) in [7, 11) is 2.17. The zero-order valence-electron chi connectivity index (χ0n) is 12.4. The Labute approximate surface area is 128 Å². The fourth-order valence-electron chi connectivity index (χ4n) is 3.68. The van der Waals surface area contributed by atoms with Crippen LogP contribution in [0.1, 0.15) is 0 Å². The number of nitrogens with zero attached hydrogens (tertiary/aromatic N) is 1. The van der Waals surface area contributed by atoms with Gasteiger partial charge in [-0.3, -0.25) is 0 Å². The lowest BCUT2D eigenvalue weighted by molar-refractivity contribution is 1.02. The Balaban J connectivity index is 2.09. The molecule has 0 aliphatic rings. The van der Waals surface area contributed by atoms with Crippen LogP contribution in [-0.2, 0) is 7.05 Å². The molecule has 5 aromatic rings. The van der Waals surface area contributed by atoms with Crippen LogP contribution in [0.4, 0.5) is 0 Å². The Hall–Kier alpha value is -2.80. The molecule has 1 heterocycles. The molecule has 5 rings (SSSR count). The molecule has 0 atom stereocenters. The average molecular weight is 281 g/mol. The van der Waals surface area contributed by atoms with Gasteiger partial charge >= 0.3 is 0 Å². The molecule has 1 nitrogen and oxygen atoms in total. The lowest BCUT2D eigenvalue weighted by Crippen LogP contribution is -1.87. The largest absolute Gasteiger partial charge is 0.343 e. The molecule has 22 heavy (non-hydrogen) atoms. The summed E-state index contributed by atoms with van der Waals surface area (Å²) in [5, 5.41) is 7.89. The van der Waals surface area contributed by atoms with E-state index >= 15 is 0 Å². The second-order valence-corrected chi connectivity index (χ2v) is 5.96. The van der Waals surface area contributed by atoms with Crippen molar-refractivity contribution in [3.05, 3.63) is 72.8 Å². The van der Waals surface area contributed by atoms with E-state index in [-0.39, 0.29) is 0 Å². The van der Waals surface area contributed by atoms with Gasteiger partial charge in [-0.05, 0) is 28.3 Å². The van der Waals surface area contributed by atoms with Crippen molar-refractivity contribution in [2.24, 2.45) is 7.05 Å². The van der Waals surface area contributed by atoms with Crippen molar-refractivity contribution in [1.82, 2.24) is 4.57 Å². The lowest BCUT2D eigenvalue weighted by Gasteiger charge is -2.03. The van der Waals surface area contributed by atoms with Crippen LogP contribution in [0, 0.1) is 0 Å². The van der Waals surface area contributed by atoms with Crippen molar-refractivity contribution in [2.75, 3.05) is 0 Å². The highest BCUT2D eigenvalue weighted by atomic mass is 14.9. The van der Waals surface area contributed by atoms with Crippen molar-refractivity contribution in [3.63, 3.8) is 0 Å². The molecular weight excluding hydrogens is 266 g/mol. The summed E-state index contributed by atoms with van der Waals surface area (Å²) in [6, 6.07) is 26.3. The Morgan fingerprint density at radius 3 is 2.09 bits per heavy atom. The van der Waals surface area contributed by atoms with Gasteiger partial charge in [-0.15, -0.1) is 0 Å². The number of aromatic nitrogens is 1. The van der Waals surface area contributed by atoms with Crippen LogP contribution in [0.15, 0.2) is 72.8 Å². The molecule has 0 aliphatic heterocycles. The second kappa shape index (κ2) is 4.11. The number of aryl methyl sites for hydroxylation is 1. The monoisotopic (exact) mass is 281 g/mol. The number of hydrogen-bond donors (Lipinski definition) is 0. The molecular formula is C21H15N. The Bertz CT molecular complexity index is 1180. The van der Waals surface area contributed by atoms with E-state index in [1.165, 1.54) is 43.4 Å². The molecule has 0 amide bonds. The Morgan fingerprint density at radius 1 is 0.591 bits per heavy atom. The van der Waals surface area contributed by atoms with E-state index in [2.05, 4.69) is 84.4 Å². The van der Waals surface area contributed by atoms with Crippen LogP contribution < -0.4 is 0 Å². The minimum atomic E-state index is 1.30. The molecule has 1 heteroatoms. The number of fused-ring (bicyclic) bond motifs is 6. The van der Waals surface area contributed by atoms with Crippen molar-refractivity contribution >= 4 is 43.4 Å². The first kappa shape index (κ1) is 11.8. The van der Waals surface area contributed by atoms with Crippen LogP contribution in [0.3, 0.4) is 0 Å². The summed E-state index contributed by atoms with van der Waals surface area (Å²) in [4.78, 5) is 0. The van der Waals surface area contributed by atoms with E-state index in [1.54, 1.807) is 0 Å². The minimum Gasteiger partial charge on any atom is -0.343 e. The van der Waals surface area contributed by atoms with Gasteiger partial charge in [-0.2, -0.15) is 0 Å². The fourth-order valence-corrected chi connectivity index (χ4v) is 3.68. The smallest absolute Gasteiger partial charge is 0.0568 e. The van der Waals surface area contributed by atoms with Gasteiger partial charge in [0.05, 0.1) is 5.52 Å².